The van der Waals surface area contributed by atoms with Crippen LogP contribution in [0.3, 0.4) is 0 Å². The summed E-state index contributed by atoms with van der Waals surface area (Å²) in [6.07, 6.45) is 1.50. The van der Waals surface area contributed by atoms with Gasteiger partial charge < -0.3 is 20.1 Å². The number of hydrogen-bond acceptors (Lipinski definition) is 6. The van der Waals surface area contributed by atoms with Crippen molar-refractivity contribution in [1.82, 2.24) is 20.6 Å². The Kier molecular flexibility index (Phi) is 5.31. The van der Waals surface area contributed by atoms with E-state index in [4.69, 9.17) is 9.47 Å². The number of benzene rings is 1. The van der Waals surface area contributed by atoms with E-state index in [-0.39, 0.29) is 11.8 Å². The van der Waals surface area contributed by atoms with Crippen LogP contribution in [0.5, 0.6) is 11.8 Å². The summed E-state index contributed by atoms with van der Waals surface area (Å²) in [6, 6.07) is 7.91. The molecule has 0 radical (unpaired) electrons. The Balaban J connectivity index is 1.76. The van der Waals surface area contributed by atoms with E-state index < -0.39 is 6.04 Å². The first-order valence-corrected chi connectivity index (χ1v) is 8.27. The Morgan fingerprint density at radius 3 is 2.38 bits per heavy atom. The molecule has 1 fully saturated rings. The normalized spacial score (nSPS) is 16.5. The number of nitrogens with zero attached hydrogens (tertiary/aromatic N) is 2. The summed E-state index contributed by atoms with van der Waals surface area (Å²) < 4.78 is 10.3. The molecule has 2 N–H and O–H groups in total. The minimum absolute atomic E-state index is 0.141. The maximum absolute atomic E-state index is 12.3. The van der Waals surface area contributed by atoms with Gasteiger partial charge in [-0.05, 0) is 25.0 Å². The molecule has 1 aromatic carbocycles. The summed E-state index contributed by atoms with van der Waals surface area (Å²) in [6.45, 7) is 0.657. The minimum atomic E-state index is -0.484. The van der Waals surface area contributed by atoms with E-state index in [0.717, 1.165) is 6.42 Å². The predicted octanol–water partition coefficient (Wildman–Crippen LogP) is 1.17. The summed E-state index contributed by atoms with van der Waals surface area (Å²) in [5.41, 5.74) is 1.18. The molecule has 1 saturated heterocycles. The minimum Gasteiger partial charge on any atom is -0.481 e. The molecule has 0 bridgehead atoms. The summed E-state index contributed by atoms with van der Waals surface area (Å²) in [4.78, 5) is 32.7. The van der Waals surface area contributed by atoms with Gasteiger partial charge in [-0.1, -0.05) is 12.1 Å². The van der Waals surface area contributed by atoms with Gasteiger partial charge in [-0.15, -0.1) is 0 Å². The van der Waals surface area contributed by atoms with Crippen LogP contribution in [-0.2, 0) is 4.79 Å². The fourth-order valence-electron chi connectivity index (χ4n) is 2.66. The lowest BCUT2D eigenvalue weighted by Gasteiger charge is -2.22. The average Bonchev–Trinajstić information content (AvgIpc) is 2.69. The molecule has 0 saturated carbocycles. The van der Waals surface area contributed by atoms with Gasteiger partial charge in [-0.2, -0.15) is 9.97 Å². The maximum Gasteiger partial charge on any atom is 0.251 e. The van der Waals surface area contributed by atoms with E-state index >= 15 is 0 Å². The quantitative estimate of drug-likeness (QED) is 0.834. The second-order valence-electron chi connectivity index (χ2n) is 5.81. The number of carbonyl (C=O) groups is 2. The number of carbonyl (C=O) groups excluding carboxylic acids is 2. The molecule has 1 atom stereocenters. The lowest BCUT2D eigenvalue weighted by molar-refractivity contribution is -0.124. The highest BCUT2D eigenvalue weighted by Gasteiger charge is 2.24. The summed E-state index contributed by atoms with van der Waals surface area (Å²) in [7, 11) is 3.03. The van der Waals surface area contributed by atoms with E-state index in [1.807, 2.05) is 0 Å². The molecule has 1 aliphatic rings. The van der Waals surface area contributed by atoms with Gasteiger partial charge in [0.05, 0.1) is 20.3 Å². The maximum atomic E-state index is 12.3. The number of rotatable bonds is 5. The summed E-state index contributed by atoms with van der Waals surface area (Å²) >= 11 is 0. The number of methoxy groups -OCH3 is 2. The van der Waals surface area contributed by atoms with Crippen molar-refractivity contribution in [3.05, 3.63) is 35.9 Å². The first-order chi connectivity index (χ1) is 12.6. The highest BCUT2D eigenvalue weighted by Crippen LogP contribution is 2.22. The lowest BCUT2D eigenvalue weighted by Crippen LogP contribution is -2.50. The molecule has 8 nitrogen and oxygen atoms in total. The van der Waals surface area contributed by atoms with E-state index in [0.29, 0.717) is 41.7 Å². The Hall–Kier alpha value is -3.16. The fourth-order valence-corrected chi connectivity index (χ4v) is 2.66. The number of aromatic nitrogens is 2. The largest absolute Gasteiger partial charge is 0.481 e. The van der Waals surface area contributed by atoms with Crippen LogP contribution in [0.4, 0.5) is 0 Å². The van der Waals surface area contributed by atoms with E-state index in [2.05, 4.69) is 20.6 Å². The highest BCUT2D eigenvalue weighted by atomic mass is 16.5. The first kappa shape index (κ1) is 17.7. The molecule has 1 aromatic heterocycles. The van der Waals surface area contributed by atoms with Crippen LogP contribution in [-0.4, -0.2) is 48.6 Å². The van der Waals surface area contributed by atoms with Gasteiger partial charge >= 0.3 is 0 Å². The third-order valence-electron chi connectivity index (χ3n) is 4.09. The summed E-state index contributed by atoms with van der Waals surface area (Å²) in [5, 5.41) is 5.51. The van der Waals surface area contributed by atoms with E-state index in [1.54, 1.807) is 30.3 Å². The van der Waals surface area contributed by atoms with Gasteiger partial charge in [-0.25, -0.2) is 0 Å². The second kappa shape index (κ2) is 7.81. The SMILES string of the molecule is COc1cc(OC)nc(-c2ccc(C(=O)N[C@H]3CCCNC3=O)cc2)n1. The van der Waals surface area contributed by atoms with Crippen LogP contribution < -0.4 is 20.1 Å². The zero-order valence-electron chi connectivity index (χ0n) is 14.6. The Morgan fingerprint density at radius 2 is 1.81 bits per heavy atom. The molecule has 8 heteroatoms. The Morgan fingerprint density at radius 1 is 1.15 bits per heavy atom. The number of nitrogens with one attached hydrogen (secondary N) is 2. The van der Waals surface area contributed by atoms with Gasteiger partial charge in [0.15, 0.2) is 5.82 Å². The van der Waals surface area contributed by atoms with Crippen molar-refractivity contribution in [2.24, 2.45) is 0 Å². The Bertz CT molecular complexity index is 785. The van der Waals surface area contributed by atoms with Gasteiger partial charge in [0.1, 0.15) is 6.04 Å². The second-order valence-corrected chi connectivity index (χ2v) is 5.81. The number of ether oxygens (including phenoxy) is 2. The molecule has 0 unspecified atom stereocenters. The smallest absolute Gasteiger partial charge is 0.251 e. The summed E-state index contributed by atoms with van der Waals surface area (Å²) in [5.74, 6) is 0.773. The predicted molar refractivity (Wildman–Crippen MR) is 94.1 cm³/mol. The molecule has 2 aromatic rings. The monoisotopic (exact) mass is 356 g/mol. The van der Waals surface area contributed by atoms with Crippen molar-refractivity contribution in [3.8, 4) is 23.1 Å². The first-order valence-electron chi connectivity index (χ1n) is 8.27. The zero-order chi connectivity index (χ0) is 18.5. The third-order valence-corrected chi connectivity index (χ3v) is 4.09. The molecule has 136 valence electrons. The van der Waals surface area contributed by atoms with Crippen LogP contribution in [0, 0.1) is 0 Å². The van der Waals surface area contributed by atoms with Gasteiger partial charge in [0, 0.05) is 17.7 Å². The molecular formula is C18H20N4O4. The van der Waals surface area contributed by atoms with E-state index in [9.17, 15) is 9.59 Å². The van der Waals surface area contributed by atoms with Gasteiger partial charge in [-0.3, -0.25) is 9.59 Å². The highest BCUT2D eigenvalue weighted by molar-refractivity contribution is 5.98. The number of amides is 2. The van der Waals surface area contributed by atoms with Crippen molar-refractivity contribution < 1.29 is 19.1 Å². The standard InChI is InChI=1S/C18H20N4O4/c1-25-14-10-15(26-2)22-16(21-14)11-5-7-12(8-6-11)17(23)20-13-4-3-9-19-18(13)24/h5-8,10,13H,3-4,9H2,1-2H3,(H,19,24)(H,20,23)/t13-/m0/s1. The van der Waals surface area contributed by atoms with Crippen molar-refractivity contribution in [2.45, 2.75) is 18.9 Å². The molecule has 0 spiro atoms. The molecule has 3 rings (SSSR count). The van der Waals surface area contributed by atoms with Crippen LogP contribution in [0.1, 0.15) is 23.2 Å². The molecule has 26 heavy (non-hydrogen) atoms. The Labute approximate surface area is 150 Å². The average molecular weight is 356 g/mol. The molecular weight excluding hydrogens is 336 g/mol. The van der Waals surface area contributed by atoms with Crippen LogP contribution in [0.25, 0.3) is 11.4 Å². The third kappa shape index (κ3) is 3.90. The lowest BCUT2D eigenvalue weighted by atomic mass is 10.1. The molecule has 0 aliphatic carbocycles. The van der Waals surface area contributed by atoms with Crippen LogP contribution >= 0.6 is 0 Å². The van der Waals surface area contributed by atoms with Crippen molar-refractivity contribution in [1.29, 1.82) is 0 Å². The zero-order valence-corrected chi connectivity index (χ0v) is 14.6. The molecule has 2 amide bonds. The fraction of sp³-hybridized carbons (Fsp3) is 0.333. The van der Waals surface area contributed by atoms with Crippen LogP contribution in [0.15, 0.2) is 30.3 Å². The van der Waals surface area contributed by atoms with Crippen LogP contribution in [0.2, 0.25) is 0 Å². The van der Waals surface area contributed by atoms with Crippen molar-refractivity contribution >= 4 is 11.8 Å². The molecule has 1 aliphatic heterocycles. The van der Waals surface area contributed by atoms with Gasteiger partial charge in [0.2, 0.25) is 17.7 Å². The topological polar surface area (TPSA) is 102 Å². The van der Waals surface area contributed by atoms with E-state index in [1.165, 1.54) is 14.2 Å². The number of hydrogen-bond donors (Lipinski definition) is 2. The number of piperidine rings is 1. The molecule has 2 heterocycles. The van der Waals surface area contributed by atoms with Crippen molar-refractivity contribution in [2.75, 3.05) is 20.8 Å². The van der Waals surface area contributed by atoms with Gasteiger partial charge in [0.25, 0.3) is 5.91 Å². The van der Waals surface area contributed by atoms with Crippen molar-refractivity contribution in [3.63, 3.8) is 0 Å².